The van der Waals surface area contributed by atoms with Gasteiger partial charge in [0.05, 0.1) is 5.02 Å². The van der Waals surface area contributed by atoms with Crippen LogP contribution in [0.3, 0.4) is 0 Å². The van der Waals surface area contributed by atoms with Gasteiger partial charge >= 0.3 is 0 Å². The molecule has 0 unspecified atom stereocenters. The first kappa shape index (κ1) is 12.5. The minimum absolute atomic E-state index is 0.0183. The number of hydrazone groups is 1. The molecule has 1 aromatic rings. The van der Waals surface area contributed by atoms with Gasteiger partial charge in [0, 0.05) is 18.5 Å². The zero-order valence-corrected chi connectivity index (χ0v) is 9.92. The molecular weight excluding hydrogens is 261 g/mol. The van der Waals surface area contributed by atoms with Crippen molar-refractivity contribution in [3.63, 3.8) is 0 Å². The average molecular weight is 270 g/mol. The molecule has 18 heavy (non-hydrogen) atoms. The standard InChI is InChI=1S/C11H9ClFN3O2/c12-7-2-1-6(5-8(7)13)14-11(18)9-3-4-10(17)16-15-9/h1-2,5H,3-4H2,(H,14,18)(H,16,17). The first-order valence-electron chi connectivity index (χ1n) is 5.18. The number of carbonyl (C=O) groups is 2. The lowest BCUT2D eigenvalue weighted by atomic mass is 10.1. The molecule has 0 saturated heterocycles. The highest BCUT2D eigenvalue weighted by atomic mass is 35.5. The molecule has 1 aliphatic rings. The fourth-order valence-corrected chi connectivity index (χ4v) is 1.53. The Morgan fingerprint density at radius 2 is 2.22 bits per heavy atom. The molecule has 1 aromatic carbocycles. The van der Waals surface area contributed by atoms with Crippen LogP contribution in [0.15, 0.2) is 23.3 Å². The van der Waals surface area contributed by atoms with Gasteiger partial charge in [0.25, 0.3) is 5.91 Å². The fourth-order valence-electron chi connectivity index (χ4n) is 1.41. The Kier molecular flexibility index (Phi) is 3.57. The third-order valence-electron chi connectivity index (χ3n) is 2.34. The third-order valence-corrected chi connectivity index (χ3v) is 2.65. The van der Waals surface area contributed by atoms with Crippen LogP contribution in [0.5, 0.6) is 0 Å². The Balaban J connectivity index is 2.07. The van der Waals surface area contributed by atoms with Crippen LogP contribution in [0.1, 0.15) is 12.8 Å². The van der Waals surface area contributed by atoms with Crippen LogP contribution in [-0.4, -0.2) is 17.5 Å². The molecule has 0 fully saturated rings. The highest BCUT2D eigenvalue weighted by molar-refractivity contribution is 6.43. The highest BCUT2D eigenvalue weighted by Gasteiger charge is 2.18. The van der Waals surface area contributed by atoms with Crippen molar-refractivity contribution >= 4 is 34.8 Å². The molecule has 1 heterocycles. The molecule has 0 radical (unpaired) electrons. The number of anilines is 1. The summed E-state index contributed by atoms with van der Waals surface area (Å²) in [7, 11) is 0. The molecule has 94 valence electrons. The van der Waals surface area contributed by atoms with E-state index in [1.54, 1.807) is 0 Å². The number of nitrogens with one attached hydrogen (secondary N) is 2. The molecular formula is C11H9ClFN3O2. The summed E-state index contributed by atoms with van der Waals surface area (Å²) in [4.78, 5) is 22.6. The Morgan fingerprint density at radius 3 is 2.83 bits per heavy atom. The molecule has 2 N–H and O–H groups in total. The van der Waals surface area contributed by atoms with Gasteiger partial charge in [0.1, 0.15) is 11.5 Å². The number of benzene rings is 1. The van der Waals surface area contributed by atoms with Crippen LogP contribution in [0.25, 0.3) is 0 Å². The van der Waals surface area contributed by atoms with Gasteiger partial charge in [0.15, 0.2) is 0 Å². The highest BCUT2D eigenvalue weighted by Crippen LogP contribution is 2.18. The minimum atomic E-state index is -0.617. The summed E-state index contributed by atoms with van der Waals surface area (Å²) in [6.45, 7) is 0. The second-order valence-electron chi connectivity index (χ2n) is 3.68. The van der Waals surface area contributed by atoms with E-state index in [9.17, 15) is 14.0 Å². The third kappa shape index (κ3) is 2.84. The van der Waals surface area contributed by atoms with E-state index in [2.05, 4.69) is 15.8 Å². The monoisotopic (exact) mass is 269 g/mol. The number of halogens is 2. The molecule has 0 atom stereocenters. The van der Waals surface area contributed by atoms with Crippen molar-refractivity contribution in [2.45, 2.75) is 12.8 Å². The Morgan fingerprint density at radius 1 is 1.44 bits per heavy atom. The largest absolute Gasteiger partial charge is 0.321 e. The molecule has 0 aromatic heterocycles. The minimum Gasteiger partial charge on any atom is -0.321 e. The SMILES string of the molecule is O=C1CCC(C(=O)Nc2ccc(Cl)c(F)c2)=NN1. The van der Waals surface area contributed by atoms with Crippen molar-refractivity contribution in [2.24, 2.45) is 5.10 Å². The van der Waals surface area contributed by atoms with Gasteiger partial charge in [-0.2, -0.15) is 5.10 Å². The summed E-state index contributed by atoms with van der Waals surface area (Å²) in [6.07, 6.45) is 0.467. The lowest BCUT2D eigenvalue weighted by Gasteiger charge is -2.12. The summed E-state index contributed by atoms with van der Waals surface area (Å²) in [6, 6.07) is 3.93. The predicted molar refractivity (Wildman–Crippen MR) is 64.9 cm³/mol. The second-order valence-corrected chi connectivity index (χ2v) is 4.08. The number of hydrogen-bond donors (Lipinski definition) is 2. The van der Waals surface area contributed by atoms with E-state index in [-0.39, 0.29) is 35.2 Å². The maximum atomic E-state index is 13.2. The Labute approximate surface area is 107 Å². The van der Waals surface area contributed by atoms with Gasteiger partial charge in [-0.3, -0.25) is 9.59 Å². The van der Waals surface area contributed by atoms with E-state index in [0.717, 1.165) is 6.07 Å². The van der Waals surface area contributed by atoms with Crippen molar-refractivity contribution in [1.82, 2.24) is 5.43 Å². The summed E-state index contributed by atoms with van der Waals surface area (Å²) in [5.41, 5.74) is 2.69. The van der Waals surface area contributed by atoms with E-state index in [0.29, 0.717) is 0 Å². The van der Waals surface area contributed by atoms with Crippen molar-refractivity contribution in [1.29, 1.82) is 0 Å². The topological polar surface area (TPSA) is 70.6 Å². The Hall–Kier alpha value is -1.95. The van der Waals surface area contributed by atoms with Crippen LogP contribution >= 0.6 is 11.6 Å². The second kappa shape index (κ2) is 5.14. The summed E-state index contributed by atoms with van der Waals surface area (Å²) < 4.78 is 13.2. The van der Waals surface area contributed by atoms with Crippen LogP contribution in [0.4, 0.5) is 10.1 Å². The van der Waals surface area contributed by atoms with E-state index in [4.69, 9.17) is 11.6 Å². The van der Waals surface area contributed by atoms with E-state index < -0.39 is 11.7 Å². The number of carbonyl (C=O) groups excluding carboxylic acids is 2. The van der Waals surface area contributed by atoms with Crippen molar-refractivity contribution in [3.05, 3.63) is 29.0 Å². The van der Waals surface area contributed by atoms with E-state index in [1.807, 2.05) is 0 Å². The van der Waals surface area contributed by atoms with Gasteiger partial charge in [-0.25, -0.2) is 9.82 Å². The normalized spacial score (nSPS) is 14.8. The maximum absolute atomic E-state index is 13.2. The number of rotatable bonds is 2. The van der Waals surface area contributed by atoms with Crippen molar-refractivity contribution in [2.75, 3.05) is 5.32 Å². The van der Waals surface area contributed by atoms with Gasteiger partial charge in [-0.1, -0.05) is 11.6 Å². The zero-order chi connectivity index (χ0) is 13.1. The maximum Gasteiger partial charge on any atom is 0.271 e. The molecule has 1 aliphatic heterocycles. The zero-order valence-electron chi connectivity index (χ0n) is 9.17. The van der Waals surface area contributed by atoms with Crippen LogP contribution in [0, 0.1) is 5.82 Å². The average Bonchev–Trinajstić information content (AvgIpc) is 2.34. The van der Waals surface area contributed by atoms with Crippen LogP contribution < -0.4 is 10.7 Å². The summed E-state index contributed by atoms with van der Waals surface area (Å²) in [5.74, 6) is -1.32. The lowest BCUT2D eigenvalue weighted by molar-refractivity contribution is -0.121. The van der Waals surface area contributed by atoms with Crippen molar-refractivity contribution in [3.8, 4) is 0 Å². The first-order chi connectivity index (χ1) is 8.56. The number of amides is 2. The molecule has 2 amide bonds. The van der Waals surface area contributed by atoms with Gasteiger partial charge in [-0.15, -0.1) is 0 Å². The molecule has 0 aliphatic carbocycles. The molecule has 5 nitrogen and oxygen atoms in total. The number of nitrogens with zero attached hydrogens (tertiary/aromatic N) is 1. The summed E-state index contributed by atoms with van der Waals surface area (Å²) in [5, 5.41) is 6.09. The molecule has 0 spiro atoms. The lowest BCUT2D eigenvalue weighted by Crippen LogP contribution is -2.32. The van der Waals surface area contributed by atoms with Crippen molar-refractivity contribution < 1.29 is 14.0 Å². The number of hydrogen-bond acceptors (Lipinski definition) is 3. The predicted octanol–water partition coefficient (Wildman–Crippen LogP) is 1.68. The molecule has 7 heteroatoms. The van der Waals surface area contributed by atoms with E-state index in [1.165, 1.54) is 12.1 Å². The van der Waals surface area contributed by atoms with Gasteiger partial charge < -0.3 is 5.32 Å². The van der Waals surface area contributed by atoms with Crippen LogP contribution in [-0.2, 0) is 9.59 Å². The quantitative estimate of drug-likeness (QED) is 0.858. The molecule has 0 saturated carbocycles. The Bertz CT molecular complexity index is 545. The summed E-state index contributed by atoms with van der Waals surface area (Å²) >= 11 is 5.52. The molecule has 2 rings (SSSR count). The van der Waals surface area contributed by atoms with E-state index >= 15 is 0 Å². The fraction of sp³-hybridized carbons (Fsp3) is 0.182. The van der Waals surface area contributed by atoms with Gasteiger partial charge in [0.2, 0.25) is 5.91 Å². The first-order valence-corrected chi connectivity index (χ1v) is 5.56. The smallest absolute Gasteiger partial charge is 0.271 e. The van der Waals surface area contributed by atoms with Gasteiger partial charge in [-0.05, 0) is 18.2 Å². The van der Waals surface area contributed by atoms with Crippen LogP contribution in [0.2, 0.25) is 5.02 Å². The molecule has 0 bridgehead atoms.